The second-order valence-electron chi connectivity index (χ2n) is 9.27. The molecule has 0 radical (unpaired) electrons. The number of carboxylic acids is 1. The van der Waals surface area contributed by atoms with E-state index in [9.17, 15) is 24.6 Å². The van der Waals surface area contributed by atoms with Crippen molar-refractivity contribution in [3.63, 3.8) is 0 Å². The Labute approximate surface area is 226 Å². The van der Waals surface area contributed by atoms with Crippen LogP contribution in [0.4, 0.5) is 4.79 Å². The van der Waals surface area contributed by atoms with E-state index in [1.165, 1.54) is 14.9 Å². The lowest BCUT2D eigenvalue weighted by Gasteiger charge is -2.57. The van der Waals surface area contributed by atoms with E-state index in [1.807, 2.05) is 36.4 Å². The van der Waals surface area contributed by atoms with Crippen molar-refractivity contribution in [1.29, 1.82) is 0 Å². The number of carbonyl (C=O) groups is 3. The first-order chi connectivity index (χ1) is 18.3. The van der Waals surface area contributed by atoms with Crippen LogP contribution in [-0.4, -0.2) is 86.0 Å². The molecule has 200 valence electrons. The molecule has 2 saturated heterocycles. The number of nitrogens with zero attached hydrogens (tertiary/aromatic N) is 4. The smallest absolute Gasteiger partial charge is 0.334 e. The summed E-state index contributed by atoms with van der Waals surface area (Å²) in [6, 6.07) is 15.3. The van der Waals surface area contributed by atoms with Gasteiger partial charge in [-0.25, -0.2) is 9.80 Å². The number of halogens is 1. The molecule has 2 aromatic carbocycles. The van der Waals surface area contributed by atoms with E-state index in [1.54, 1.807) is 23.1 Å². The van der Waals surface area contributed by atoms with Gasteiger partial charge in [-0.05, 0) is 29.7 Å². The second-order valence-corrected chi connectivity index (χ2v) is 9.71. The molecule has 3 N–H and O–H groups in total. The lowest BCUT2D eigenvalue weighted by molar-refractivity contribution is -0.211. The van der Waals surface area contributed by atoms with Crippen LogP contribution < -0.4 is 5.32 Å². The highest BCUT2D eigenvalue weighted by Crippen LogP contribution is 2.31. The van der Waals surface area contributed by atoms with Gasteiger partial charge in [-0.15, -0.1) is 6.42 Å². The third kappa shape index (κ3) is 6.26. The van der Waals surface area contributed by atoms with Crippen LogP contribution in [0.1, 0.15) is 24.0 Å². The topological polar surface area (TPSA) is 117 Å². The van der Waals surface area contributed by atoms with E-state index in [0.717, 1.165) is 11.1 Å². The molecule has 0 aliphatic carbocycles. The minimum absolute atomic E-state index is 0.0133. The molecule has 3 atom stereocenters. The summed E-state index contributed by atoms with van der Waals surface area (Å²) in [4.78, 5) is 41.5. The zero-order chi connectivity index (χ0) is 27.2. The maximum absolute atomic E-state index is 13.6. The Bertz CT molecular complexity index is 1210. The summed E-state index contributed by atoms with van der Waals surface area (Å²) in [5.41, 5.74) is 1.72. The normalized spacial score (nSPS) is 22.0. The van der Waals surface area contributed by atoms with Crippen LogP contribution in [0.5, 0.6) is 0 Å². The molecule has 3 amide bonds. The van der Waals surface area contributed by atoms with Crippen molar-refractivity contribution >= 4 is 29.5 Å². The number of carbonyl (C=O) groups excluding carboxylic acids is 2. The molecule has 1 unspecified atom stereocenters. The molecular weight excluding hydrogens is 510 g/mol. The van der Waals surface area contributed by atoms with E-state index < -0.39 is 30.4 Å². The number of hydrogen-bond acceptors (Lipinski definition) is 6. The van der Waals surface area contributed by atoms with Crippen molar-refractivity contribution in [2.75, 3.05) is 19.6 Å². The Balaban J connectivity index is 1.66. The maximum Gasteiger partial charge on any atom is 0.334 e. The summed E-state index contributed by atoms with van der Waals surface area (Å²) < 4.78 is 0. The lowest BCUT2D eigenvalue weighted by atomic mass is 10.00. The van der Waals surface area contributed by atoms with Gasteiger partial charge >= 0.3 is 12.0 Å². The van der Waals surface area contributed by atoms with Gasteiger partial charge in [0.05, 0.1) is 19.1 Å². The van der Waals surface area contributed by atoms with Crippen LogP contribution in [0, 0.1) is 12.3 Å². The molecule has 2 aromatic rings. The molecule has 2 aliphatic heterocycles. The molecule has 2 heterocycles. The van der Waals surface area contributed by atoms with E-state index in [2.05, 4.69) is 11.2 Å². The van der Waals surface area contributed by atoms with Crippen molar-refractivity contribution in [2.45, 2.75) is 44.4 Å². The summed E-state index contributed by atoms with van der Waals surface area (Å²) >= 11 is 6.16. The Morgan fingerprint density at radius 2 is 1.87 bits per heavy atom. The van der Waals surface area contributed by atoms with Gasteiger partial charge < -0.3 is 20.4 Å². The fraction of sp³-hybridized carbons (Fsp3) is 0.370. The van der Waals surface area contributed by atoms with Gasteiger partial charge in [0.15, 0.2) is 0 Å². The first-order valence-electron chi connectivity index (χ1n) is 12.3. The van der Waals surface area contributed by atoms with Gasteiger partial charge in [0, 0.05) is 31.1 Å². The Hall–Kier alpha value is -3.62. The molecule has 4 rings (SSSR count). The molecule has 38 heavy (non-hydrogen) atoms. The van der Waals surface area contributed by atoms with Crippen molar-refractivity contribution in [2.24, 2.45) is 0 Å². The molecule has 0 saturated carbocycles. The molecule has 0 aromatic heterocycles. The van der Waals surface area contributed by atoms with Gasteiger partial charge in [-0.1, -0.05) is 60.0 Å². The third-order valence-corrected chi connectivity index (χ3v) is 6.92. The first-order valence-corrected chi connectivity index (χ1v) is 12.6. The molecule has 2 aliphatic rings. The average molecular weight is 540 g/mol. The first kappa shape index (κ1) is 27.4. The zero-order valence-corrected chi connectivity index (χ0v) is 21.5. The average Bonchev–Trinajstić information content (AvgIpc) is 2.88. The number of amides is 3. The van der Waals surface area contributed by atoms with Crippen molar-refractivity contribution in [3.05, 3.63) is 70.7 Å². The Kier molecular flexibility index (Phi) is 8.86. The Morgan fingerprint density at radius 1 is 1.13 bits per heavy atom. The number of rotatable bonds is 8. The van der Waals surface area contributed by atoms with Crippen molar-refractivity contribution in [3.8, 4) is 12.3 Å². The highest BCUT2D eigenvalue weighted by molar-refractivity contribution is 6.30. The highest BCUT2D eigenvalue weighted by atomic mass is 35.5. The monoisotopic (exact) mass is 539 g/mol. The van der Waals surface area contributed by atoms with Gasteiger partial charge in [0.1, 0.15) is 12.4 Å². The van der Waals surface area contributed by atoms with Crippen molar-refractivity contribution < 1.29 is 24.6 Å². The molecule has 2 fully saturated rings. The molecule has 0 spiro atoms. The molecule has 11 heteroatoms. The number of aliphatic hydroxyl groups is 1. The number of benzene rings is 2. The summed E-state index contributed by atoms with van der Waals surface area (Å²) in [6.45, 7) is 0.495. The van der Waals surface area contributed by atoms with Crippen LogP contribution in [0.25, 0.3) is 0 Å². The van der Waals surface area contributed by atoms with E-state index in [0.29, 0.717) is 5.02 Å². The number of piperazine rings is 1. The SMILES string of the molecule is C#CCN1CC(=O)N2[C@@H](CCC(=O)O)C(O)N(Cc3cccc(Cl)c3)C[C@@H]2N1C(=O)NCc1ccccc1. The molecule has 0 bridgehead atoms. The zero-order valence-electron chi connectivity index (χ0n) is 20.7. The number of hydrogen-bond donors (Lipinski definition) is 3. The number of terminal acetylenes is 1. The third-order valence-electron chi connectivity index (χ3n) is 6.68. The van der Waals surface area contributed by atoms with Crippen LogP contribution in [0.15, 0.2) is 54.6 Å². The summed E-state index contributed by atoms with van der Waals surface area (Å²) in [5, 5.41) is 27.0. The number of urea groups is 1. The summed E-state index contributed by atoms with van der Waals surface area (Å²) in [7, 11) is 0. The number of hydrazine groups is 1. The molecule has 10 nitrogen and oxygen atoms in total. The number of nitrogens with one attached hydrogen (secondary N) is 1. The van der Waals surface area contributed by atoms with E-state index in [-0.39, 0.29) is 51.5 Å². The van der Waals surface area contributed by atoms with Crippen LogP contribution in [-0.2, 0) is 22.7 Å². The molecular formula is C27H30ClN5O5. The van der Waals surface area contributed by atoms with Crippen LogP contribution in [0.3, 0.4) is 0 Å². The van der Waals surface area contributed by atoms with Crippen LogP contribution >= 0.6 is 11.6 Å². The van der Waals surface area contributed by atoms with Crippen LogP contribution in [0.2, 0.25) is 5.02 Å². The Morgan fingerprint density at radius 3 is 2.55 bits per heavy atom. The minimum Gasteiger partial charge on any atom is -0.481 e. The van der Waals surface area contributed by atoms with Gasteiger partial charge in [-0.3, -0.25) is 14.5 Å². The second kappa shape index (κ2) is 12.3. The number of aliphatic carboxylic acids is 1. The minimum atomic E-state index is -1.15. The lowest BCUT2D eigenvalue weighted by Crippen LogP contribution is -2.77. The predicted octanol–water partition coefficient (Wildman–Crippen LogP) is 1.94. The summed E-state index contributed by atoms with van der Waals surface area (Å²) in [5.74, 6) is 1.12. The fourth-order valence-electron chi connectivity index (χ4n) is 5.01. The quantitative estimate of drug-likeness (QED) is 0.439. The number of carboxylic acid groups (broad SMARTS) is 1. The number of aliphatic hydroxyl groups excluding tert-OH is 1. The van der Waals surface area contributed by atoms with Crippen molar-refractivity contribution in [1.82, 2.24) is 25.1 Å². The summed E-state index contributed by atoms with van der Waals surface area (Å²) in [6.07, 6.45) is 3.36. The standard InChI is InChI=1S/C27H30ClN5O5/c1-2-13-31-18-24(34)32-22(11-12-25(35)36)26(37)30(16-20-9-6-10-21(28)14-20)17-23(32)33(31)27(38)29-15-19-7-4-3-5-8-19/h1,3-10,14,22-23,26,37H,11-13,15-18H2,(H,29,38)(H,35,36)/t22-,23-,26?/m0/s1. The number of fused-ring (bicyclic) bond motifs is 1. The largest absolute Gasteiger partial charge is 0.481 e. The predicted molar refractivity (Wildman–Crippen MR) is 140 cm³/mol. The highest BCUT2D eigenvalue weighted by Gasteiger charge is 2.51. The fourth-order valence-corrected chi connectivity index (χ4v) is 5.22. The maximum atomic E-state index is 13.6. The van der Waals surface area contributed by atoms with E-state index in [4.69, 9.17) is 18.0 Å². The van der Waals surface area contributed by atoms with Gasteiger partial charge in [0.25, 0.3) is 0 Å². The van der Waals surface area contributed by atoms with Gasteiger partial charge in [-0.2, -0.15) is 5.01 Å². The van der Waals surface area contributed by atoms with Gasteiger partial charge in [0.2, 0.25) is 5.91 Å². The van der Waals surface area contributed by atoms with E-state index >= 15 is 0 Å².